The average molecular weight is 991 g/mol. The normalized spacial score (nSPS) is 11.5. The number of aryl methyl sites for hydroxylation is 6. The van der Waals surface area contributed by atoms with Crippen LogP contribution in [0.2, 0.25) is 0 Å². The number of nitrogens with two attached hydrogens (primary N) is 1. The van der Waals surface area contributed by atoms with Crippen molar-refractivity contribution in [2.24, 2.45) is 5.73 Å². The molecule has 0 aliphatic rings. The molecule has 2 atom stereocenters. The molecular weight excluding hydrogens is 933 g/mol. The highest BCUT2D eigenvalue weighted by Gasteiger charge is 2.27. The molecule has 9 N–H and O–H groups in total. The number of carbonyl (C=O) groups excluding carboxylic acids is 5. The number of nitrogens with zero attached hydrogens (tertiary/aromatic N) is 6. The summed E-state index contributed by atoms with van der Waals surface area (Å²) in [5.41, 5.74) is 11.0. The van der Waals surface area contributed by atoms with Crippen molar-refractivity contribution in [1.82, 2.24) is 45.9 Å². The molecular formula is C49H58N12O9S. The largest absolute Gasteiger partial charge is 0.508 e. The maximum atomic E-state index is 13.2. The Morgan fingerprint density at radius 1 is 0.648 bits per heavy atom. The molecule has 22 heteroatoms. The lowest BCUT2D eigenvalue weighted by Gasteiger charge is -2.18. The number of thiazole rings is 1. The number of pyridine rings is 1. The minimum atomic E-state index is -1.15. The Hall–Kier alpha value is -8.11. The number of carbonyl (C=O) groups is 5. The Morgan fingerprint density at radius 3 is 1.56 bits per heavy atom. The van der Waals surface area contributed by atoms with Crippen molar-refractivity contribution >= 4 is 52.9 Å². The Labute approximate surface area is 414 Å². The fourth-order valence-corrected chi connectivity index (χ4v) is 7.91. The van der Waals surface area contributed by atoms with Crippen LogP contribution in [0.4, 0.5) is 11.9 Å². The van der Waals surface area contributed by atoms with Gasteiger partial charge < -0.3 is 52.0 Å². The molecule has 0 spiro atoms. The van der Waals surface area contributed by atoms with Gasteiger partial charge >= 0.3 is 11.9 Å². The van der Waals surface area contributed by atoms with E-state index < -0.39 is 41.7 Å². The third-order valence-corrected chi connectivity index (χ3v) is 11.5. The molecule has 6 aromatic rings. The van der Waals surface area contributed by atoms with Crippen LogP contribution in [-0.4, -0.2) is 122 Å². The second kappa shape index (κ2) is 26.6. The lowest BCUT2D eigenvalue weighted by atomic mass is 10.1. The summed E-state index contributed by atoms with van der Waals surface area (Å²) in [5, 5.41) is 35.5. The highest BCUT2D eigenvalue weighted by atomic mass is 32.1. The zero-order valence-electron chi connectivity index (χ0n) is 40.2. The van der Waals surface area contributed by atoms with Crippen LogP contribution in [0.1, 0.15) is 77.9 Å². The van der Waals surface area contributed by atoms with Gasteiger partial charge in [0.05, 0.1) is 48.1 Å². The van der Waals surface area contributed by atoms with Crippen LogP contribution in [0, 0.1) is 27.7 Å². The van der Waals surface area contributed by atoms with Crippen molar-refractivity contribution < 1.29 is 43.7 Å². The number of benzene rings is 2. The molecule has 0 aliphatic heterocycles. The SMILES string of the molecule is COC(=O)[C@H](CN)NC(=O)c1c(C)nc(NCCCc2cccc(O)c2)nc1C.COC(=O)[C@H](CNC(=O)c1csc(-c2ccncc2)n1)NC(=O)c1c(C)nc(NCCCc2cccc(O)c2)nc1C. The predicted octanol–water partition coefficient (Wildman–Crippen LogP) is 4.14. The molecule has 0 aliphatic carbocycles. The summed E-state index contributed by atoms with van der Waals surface area (Å²) >= 11 is 1.30. The molecule has 0 unspecified atom stereocenters. The Bertz CT molecular complexity index is 2750. The van der Waals surface area contributed by atoms with Crippen LogP contribution >= 0.6 is 11.3 Å². The van der Waals surface area contributed by atoms with Crippen molar-refractivity contribution in [3.05, 3.63) is 129 Å². The van der Waals surface area contributed by atoms with Crippen LogP contribution in [0.5, 0.6) is 11.5 Å². The van der Waals surface area contributed by atoms with Crippen LogP contribution < -0.4 is 32.3 Å². The van der Waals surface area contributed by atoms with Gasteiger partial charge in [-0.25, -0.2) is 34.5 Å². The van der Waals surface area contributed by atoms with E-state index in [1.165, 1.54) is 25.6 Å². The predicted molar refractivity (Wildman–Crippen MR) is 266 cm³/mol. The minimum Gasteiger partial charge on any atom is -0.508 e. The number of esters is 2. The van der Waals surface area contributed by atoms with Crippen molar-refractivity contribution in [3.8, 4) is 22.1 Å². The second-order valence-corrected chi connectivity index (χ2v) is 16.8. The van der Waals surface area contributed by atoms with Gasteiger partial charge in [0.25, 0.3) is 17.7 Å². The first-order chi connectivity index (χ1) is 34.1. The van der Waals surface area contributed by atoms with Crippen LogP contribution in [0.3, 0.4) is 0 Å². The summed E-state index contributed by atoms with van der Waals surface area (Å²) in [5.74, 6) is -1.58. The van der Waals surface area contributed by atoms with Gasteiger partial charge in [0.2, 0.25) is 11.9 Å². The molecule has 4 heterocycles. The maximum Gasteiger partial charge on any atom is 0.330 e. The van der Waals surface area contributed by atoms with Crippen LogP contribution in [-0.2, 0) is 31.9 Å². The van der Waals surface area contributed by atoms with Gasteiger partial charge in [-0.05, 0) is 101 Å². The summed E-state index contributed by atoms with van der Waals surface area (Å²) in [7, 11) is 2.43. The van der Waals surface area contributed by atoms with E-state index in [1.807, 2.05) is 18.2 Å². The molecule has 6 rings (SSSR count). The van der Waals surface area contributed by atoms with E-state index in [2.05, 4.69) is 61.2 Å². The first-order valence-electron chi connectivity index (χ1n) is 22.5. The number of methoxy groups -OCH3 is 2. The summed E-state index contributed by atoms with van der Waals surface area (Å²) in [6, 6.07) is 15.8. The highest BCUT2D eigenvalue weighted by molar-refractivity contribution is 7.13. The third kappa shape index (κ3) is 16.0. The summed E-state index contributed by atoms with van der Waals surface area (Å²) in [6.45, 7) is 7.71. The Kier molecular flexibility index (Phi) is 20.2. The zero-order chi connectivity index (χ0) is 51.5. The zero-order valence-corrected chi connectivity index (χ0v) is 41.1. The monoisotopic (exact) mass is 990 g/mol. The van der Waals surface area contributed by atoms with E-state index in [9.17, 15) is 34.2 Å². The van der Waals surface area contributed by atoms with Crippen molar-refractivity contribution in [3.63, 3.8) is 0 Å². The summed E-state index contributed by atoms with van der Waals surface area (Å²) in [6.07, 6.45) is 6.45. The lowest BCUT2D eigenvalue weighted by Crippen LogP contribution is -2.49. The number of nitrogens with one attached hydrogen (secondary N) is 5. The number of aromatic nitrogens is 6. The standard InChI is InChI=1S/C29H31N7O5S.C20H27N5O4/c1-17-24(18(2)34-29(33-17)31-11-5-7-19-6-4-8-21(37)14-19)26(39)35-22(28(40)41-3)15-32-25(38)23-16-42-27(36-23)20-9-12-30-13-10-20;1-12-17(18(27)25-16(11-21)19(28)29-3)13(2)24-20(23-12)22-9-5-7-14-6-4-8-15(26)10-14/h4,6,8-10,12-14,16,22,37H,5,7,11,15H2,1-3H3,(H,32,38)(H,35,39)(H,31,33,34);4,6,8,10,16,26H,5,7,9,11,21H2,1-3H3,(H,25,27)(H,22,23,24)/t22-;16-/m00/s1. The smallest absolute Gasteiger partial charge is 0.330 e. The van der Waals surface area contributed by atoms with Gasteiger partial charge in [-0.15, -0.1) is 11.3 Å². The Balaban J connectivity index is 0.000000283. The van der Waals surface area contributed by atoms with Crippen molar-refractivity contribution in [2.45, 2.75) is 65.5 Å². The molecule has 0 radical (unpaired) electrons. The first kappa shape index (κ1) is 53.8. The number of amides is 3. The lowest BCUT2D eigenvalue weighted by molar-refractivity contribution is -0.143. The van der Waals surface area contributed by atoms with E-state index in [4.69, 9.17) is 10.5 Å². The number of aromatic hydroxyl groups is 2. The second-order valence-electron chi connectivity index (χ2n) is 15.9. The van der Waals surface area contributed by atoms with Crippen LogP contribution in [0.25, 0.3) is 10.6 Å². The van der Waals surface area contributed by atoms with Gasteiger partial charge in [-0.3, -0.25) is 19.4 Å². The fraction of sp³-hybridized carbons (Fsp3) is 0.327. The van der Waals surface area contributed by atoms with Crippen LogP contribution in [0.15, 0.2) is 78.4 Å². The van der Waals surface area contributed by atoms with Crippen molar-refractivity contribution in [1.29, 1.82) is 0 Å². The van der Waals surface area contributed by atoms with E-state index >= 15 is 0 Å². The van der Waals surface area contributed by atoms with E-state index in [1.54, 1.807) is 87.9 Å². The Morgan fingerprint density at radius 2 is 1.11 bits per heavy atom. The molecule has 3 amide bonds. The number of ether oxygens (including phenoxy) is 2. The molecule has 0 saturated carbocycles. The highest BCUT2D eigenvalue weighted by Crippen LogP contribution is 2.23. The number of hydrogen-bond acceptors (Lipinski definition) is 19. The molecule has 0 bridgehead atoms. The fourth-order valence-electron chi connectivity index (χ4n) is 7.10. The number of anilines is 2. The topological polar surface area (TPSA) is 308 Å². The molecule has 0 fully saturated rings. The maximum absolute atomic E-state index is 13.2. The molecule has 2 aromatic carbocycles. The number of phenols is 2. The summed E-state index contributed by atoms with van der Waals surface area (Å²) < 4.78 is 9.47. The quantitative estimate of drug-likeness (QED) is 0.0371. The number of phenolic OH excluding ortho intramolecular Hbond substituents is 2. The van der Waals surface area contributed by atoms with Gasteiger partial charge in [0.15, 0.2) is 0 Å². The van der Waals surface area contributed by atoms with E-state index in [0.717, 1.165) is 42.4 Å². The average Bonchev–Trinajstić information content (AvgIpc) is 3.85. The van der Waals surface area contributed by atoms with E-state index in [0.29, 0.717) is 58.3 Å². The van der Waals surface area contributed by atoms with Gasteiger partial charge in [-0.1, -0.05) is 24.3 Å². The molecule has 0 saturated heterocycles. The molecule has 21 nitrogen and oxygen atoms in total. The molecule has 4 aromatic heterocycles. The van der Waals surface area contributed by atoms with Gasteiger partial charge in [0.1, 0.15) is 34.3 Å². The first-order valence-corrected chi connectivity index (χ1v) is 23.3. The third-order valence-electron chi connectivity index (χ3n) is 10.6. The summed E-state index contributed by atoms with van der Waals surface area (Å²) in [4.78, 5) is 88.3. The van der Waals surface area contributed by atoms with Gasteiger partial charge in [-0.2, -0.15) is 0 Å². The molecule has 374 valence electrons. The van der Waals surface area contributed by atoms with Crippen molar-refractivity contribution in [2.75, 3.05) is 51.0 Å². The number of rotatable bonds is 21. The molecule has 71 heavy (non-hydrogen) atoms. The van der Waals surface area contributed by atoms with E-state index in [-0.39, 0.29) is 35.8 Å². The van der Waals surface area contributed by atoms with Gasteiger partial charge in [0, 0.05) is 49.5 Å². The minimum absolute atomic E-state index is 0.0732. The number of hydrogen-bond donors (Lipinski definition) is 8.